The van der Waals surface area contributed by atoms with Crippen molar-refractivity contribution >= 4 is 5.69 Å². The van der Waals surface area contributed by atoms with Gasteiger partial charge >= 0.3 is 0 Å². The van der Waals surface area contributed by atoms with Crippen LogP contribution in [0.1, 0.15) is 30.5 Å². The topological polar surface area (TPSA) is 35.8 Å². The molecule has 1 unspecified atom stereocenters. The van der Waals surface area contributed by atoms with Gasteiger partial charge in [0.15, 0.2) is 0 Å². The minimum Gasteiger partial charge on any atom is -0.377 e. The summed E-state index contributed by atoms with van der Waals surface area (Å²) in [5.74, 6) is -0.490. The number of hydrogen-bond acceptors (Lipinski definition) is 2. The van der Waals surface area contributed by atoms with E-state index in [9.17, 15) is 4.39 Å². The van der Waals surface area contributed by atoms with Crippen molar-refractivity contribution in [2.75, 3.05) is 5.32 Å². The van der Waals surface area contributed by atoms with E-state index in [0.717, 1.165) is 12.0 Å². The van der Waals surface area contributed by atoms with Crippen LogP contribution in [0.25, 0.3) is 0 Å². The van der Waals surface area contributed by atoms with Gasteiger partial charge in [0.25, 0.3) is 0 Å². The van der Waals surface area contributed by atoms with Crippen molar-refractivity contribution in [3.05, 3.63) is 65.5 Å². The number of nitrogens with one attached hydrogen (secondary N) is 1. The van der Waals surface area contributed by atoms with Gasteiger partial charge in [0, 0.05) is 0 Å². The summed E-state index contributed by atoms with van der Waals surface area (Å²) < 4.78 is 13.5. The second-order valence-electron chi connectivity index (χ2n) is 4.29. The lowest BCUT2D eigenvalue weighted by Crippen LogP contribution is -2.11. The van der Waals surface area contributed by atoms with Crippen molar-refractivity contribution in [2.45, 2.75) is 19.4 Å². The Morgan fingerprint density at radius 3 is 2.53 bits per heavy atom. The summed E-state index contributed by atoms with van der Waals surface area (Å²) in [5, 5.41) is 12.3. The fourth-order valence-corrected chi connectivity index (χ4v) is 2.05. The summed E-state index contributed by atoms with van der Waals surface area (Å²) in [4.78, 5) is 0. The Kier molecular flexibility index (Phi) is 4.15. The molecule has 2 rings (SSSR count). The average Bonchev–Trinajstić information content (AvgIpc) is 2.46. The largest absolute Gasteiger partial charge is 0.377 e. The van der Waals surface area contributed by atoms with Crippen LogP contribution in [0.3, 0.4) is 0 Å². The molecule has 0 saturated heterocycles. The van der Waals surface area contributed by atoms with E-state index in [4.69, 9.17) is 5.26 Å². The normalized spacial score (nSPS) is 11.6. The van der Waals surface area contributed by atoms with E-state index in [2.05, 4.69) is 12.2 Å². The zero-order chi connectivity index (χ0) is 13.7. The summed E-state index contributed by atoms with van der Waals surface area (Å²) in [5.41, 5.74) is 1.73. The van der Waals surface area contributed by atoms with Gasteiger partial charge in [0.05, 0.1) is 11.7 Å². The standard InChI is InChI=1S/C16H15FN2/c1-2-15(12-7-4-3-5-8-12)19-16-10-6-9-14(17)13(16)11-18/h3-10,15,19H,2H2,1H3. The number of halogens is 1. The van der Waals surface area contributed by atoms with Gasteiger partial charge in [-0.2, -0.15) is 5.26 Å². The molecule has 19 heavy (non-hydrogen) atoms. The van der Waals surface area contributed by atoms with Crippen LogP contribution in [-0.2, 0) is 0 Å². The summed E-state index contributed by atoms with van der Waals surface area (Å²) in [7, 11) is 0. The first-order valence-corrected chi connectivity index (χ1v) is 6.26. The maximum Gasteiger partial charge on any atom is 0.143 e. The van der Waals surface area contributed by atoms with Crippen LogP contribution >= 0.6 is 0 Å². The smallest absolute Gasteiger partial charge is 0.143 e. The van der Waals surface area contributed by atoms with E-state index in [0.29, 0.717) is 5.69 Å². The number of rotatable bonds is 4. The summed E-state index contributed by atoms with van der Waals surface area (Å²) in [6.45, 7) is 2.05. The van der Waals surface area contributed by atoms with Gasteiger partial charge < -0.3 is 5.32 Å². The highest BCUT2D eigenvalue weighted by atomic mass is 19.1. The van der Waals surface area contributed by atoms with Crippen molar-refractivity contribution in [3.63, 3.8) is 0 Å². The highest BCUT2D eigenvalue weighted by molar-refractivity contribution is 5.58. The number of anilines is 1. The van der Waals surface area contributed by atoms with E-state index in [1.807, 2.05) is 36.4 Å². The highest BCUT2D eigenvalue weighted by Gasteiger charge is 2.13. The molecule has 0 aliphatic carbocycles. The molecule has 3 heteroatoms. The van der Waals surface area contributed by atoms with E-state index in [-0.39, 0.29) is 11.6 Å². The maximum absolute atomic E-state index is 13.5. The third kappa shape index (κ3) is 2.92. The van der Waals surface area contributed by atoms with Gasteiger partial charge in [-0.05, 0) is 24.1 Å². The van der Waals surface area contributed by atoms with Gasteiger partial charge in [-0.1, -0.05) is 43.3 Å². The molecule has 0 saturated carbocycles. The summed E-state index contributed by atoms with van der Waals surface area (Å²) >= 11 is 0. The number of nitriles is 1. The SMILES string of the molecule is CCC(Nc1cccc(F)c1C#N)c1ccccc1. The number of benzene rings is 2. The lowest BCUT2D eigenvalue weighted by Gasteiger charge is -2.19. The van der Waals surface area contributed by atoms with E-state index < -0.39 is 5.82 Å². The molecule has 0 aromatic heterocycles. The minimum atomic E-state index is -0.490. The summed E-state index contributed by atoms with van der Waals surface area (Å²) in [6.07, 6.45) is 0.853. The quantitative estimate of drug-likeness (QED) is 0.884. The summed E-state index contributed by atoms with van der Waals surface area (Å²) in [6, 6.07) is 16.5. The molecule has 2 nitrogen and oxygen atoms in total. The van der Waals surface area contributed by atoms with Gasteiger partial charge in [0.1, 0.15) is 17.4 Å². The number of nitrogens with zero attached hydrogens (tertiary/aromatic N) is 1. The van der Waals surface area contributed by atoms with Crippen molar-refractivity contribution in [1.82, 2.24) is 0 Å². The Morgan fingerprint density at radius 1 is 1.16 bits per heavy atom. The molecular weight excluding hydrogens is 239 g/mol. The van der Waals surface area contributed by atoms with Crippen molar-refractivity contribution < 1.29 is 4.39 Å². The molecular formula is C16H15FN2. The fraction of sp³-hybridized carbons (Fsp3) is 0.188. The molecule has 0 radical (unpaired) electrons. The van der Waals surface area contributed by atoms with Crippen LogP contribution in [-0.4, -0.2) is 0 Å². The second-order valence-corrected chi connectivity index (χ2v) is 4.29. The highest BCUT2D eigenvalue weighted by Crippen LogP contribution is 2.25. The Hall–Kier alpha value is -2.34. The van der Waals surface area contributed by atoms with E-state index >= 15 is 0 Å². The van der Waals surface area contributed by atoms with Crippen LogP contribution in [0.15, 0.2) is 48.5 Å². The van der Waals surface area contributed by atoms with Crippen LogP contribution in [0, 0.1) is 17.1 Å². The molecule has 0 heterocycles. The predicted octanol–water partition coefficient (Wildman–Crippen LogP) is 4.26. The van der Waals surface area contributed by atoms with Crippen molar-refractivity contribution in [3.8, 4) is 6.07 Å². The molecule has 0 aliphatic heterocycles. The molecule has 96 valence electrons. The lowest BCUT2D eigenvalue weighted by molar-refractivity contribution is 0.623. The molecule has 0 aliphatic rings. The Morgan fingerprint density at radius 2 is 1.89 bits per heavy atom. The van der Waals surface area contributed by atoms with E-state index in [1.54, 1.807) is 12.1 Å². The molecule has 0 spiro atoms. The minimum absolute atomic E-state index is 0.0649. The monoisotopic (exact) mass is 254 g/mol. The van der Waals surface area contributed by atoms with Gasteiger partial charge in [-0.25, -0.2) is 4.39 Å². The Bertz CT molecular complexity index is 587. The van der Waals surface area contributed by atoms with Crippen LogP contribution in [0.2, 0.25) is 0 Å². The zero-order valence-electron chi connectivity index (χ0n) is 10.7. The molecule has 1 N–H and O–H groups in total. The van der Waals surface area contributed by atoms with Gasteiger partial charge in [-0.3, -0.25) is 0 Å². The average molecular weight is 254 g/mol. The first kappa shape index (κ1) is 13.1. The van der Waals surface area contributed by atoms with Crippen LogP contribution < -0.4 is 5.32 Å². The fourth-order valence-electron chi connectivity index (χ4n) is 2.05. The first-order chi connectivity index (χ1) is 9.26. The predicted molar refractivity (Wildman–Crippen MR) is 74.2 cm³/mol. The van der Waals surface area contributed by atoms with Crippen LogP contribution in [0.4, 0.5) is 10.1 Å². The third-order valence-electron chi connectivity index (χ3n) is 3.07. The third-order valence-corrected chi connectivity index (χ3v) is 3.07. The zero-order valence-corrected chi connectivity index (χ0v) is 10.7. The molecule has 0 fully saturated rings. The maximum atomic E-state index is 13.5. The molecule has 0 bridgehead atoms. The molecule has 2 aromatic rings. The molecule has 0 amide bonds. The van der Waals surface area contributed by atoms with Gasteiger partial charge in [-0.15, -0.1) is 0 Å². The number of hydrogen-bond donors (Lipinski definition) is 1. The van der Waals surface area contributed by atoms with Crippen molar-refractivity contribution in [1.29, 1.82) is 5.26 Å². The van der Waals surface area contributed by atoms with Crippen molar-refractivity contribution in [2.24, 2.45) is 0 Å². The first-order valence-electron chi connectivity index (χ1n) is 6.26. The Labute approximate surface area is 112 Å². The van der Waals surface area contributed by atoms with E-state index in [1.165, 1.54) is 6.07 Å². The lowest BCUT2D eigenvalue weighted by atomic mass is 10.0. The van der Waals surface area contributed by atoms with Crippen LogP contribution in [0.5, 0.6) is 0 Å². The molecule has 1 atom stereocenters. The second kappa shape index (κ2) is 6.01. The molecule has 2 aromatic carbocycles. The Balaban J connectivity index is 2.30. The van der Waals surface area contributed by atoms with Gasteiger partial charge in [0.2, 0.25) is 0 Å².